The highest BCUT2D eigenvalue weighted by Gasteiger charge is 2.43. The zero-order chi connectivity index (χ0) is 37.3. The van der Waals surface area contributed by atoms with Gasteiger partial charge in [-0.15, -0.1) is 0 Å². The lowest BCUT2D eigenvalue weighted by Gasteiger charge is -2.50. The van der Waals surface area contributed by atoms with Crippen LogP contribution in [0.2, 0.25) is 0 Å². The number of pyridine rings is 1. The van der Waals surface area contributed by atoms with E-state index in [9.17, 15) is 33.7 Å². The number of fused-ring (bicyclic) bond motifs is 4. The van der Waals surface area contributed by atoms with Crippen LogP contribution in [0.5, 0.6) is 11.5 Å². The fourth-order valence-electron chi connectivity index (χ4n) is 8.04. The number of aromatic amines is 1. The van der Waals surface area contributed by atoms with Gasteiger partial charge in [-0.25, -0.2) is 13.6 Å². The molecule has 1 aromatic heterocycles. The lowest BCUT2D eigenvalue weighted by atomic mass is 9.81. The third kappa shape index (κ3) is 9.73. The summed E-state index contributed by atoms with van der Waals surface area (Å²) in [5, 5.41) is 35.2. The van der Waals surface area contributed by atoms with Crippen molar-refractivity contribution in [1.82, 2.24) is 20.1 Å². The van der Waals surface area contributed by atoms with E-state index in [0.717, 1.165) is 83.5 Å². The number of benzene rings is 3. The average molecular weight is 733 g/mol. The van der Waals surface area contributed by atoms with Crippen molar-refractivity contribution in [2.75, 3.05) is 39.3 Å². The second-order valence-electron chi connectivity index (χ2n) is 14.4. The van der Waals surface area contributed by atoms with Crippen LogP contribution in [0.1, 0.15) is 86.6 Å². The Hall–Kier alpha value is -4.52. The van der Waals surface area contributed by atoms with Crippen molar-refractivity contribution < 1.29 is 33.6 Å². The van der Waals surface area contributed by atoms with E-state index < -0.39 is 29.9 Å². The van der Waals surface area contributed by atoms with E-state index in [1.54, 1.807) is 30.3 Å². The number of piperidine rings is 3. The number of aromatic hydroxyl groups is 1. The molecule has 4 heterocycles. The second-order valence-corrected chi connectivity index (χ2v) is 14.4. The van der Waals surface area contributed by atoms with Crippen LogP contribution in [0.25, 0.3) is 10.9 Å². The zero-order valence-electron chi connectivity index (χ0n) is 30.0. The van der Waals surface area contributed by atoms with E-state index in [0.29, 0.717) is 47.5 Å². The Kier molecular flexibility index (Phi) is 13.0. The van der Waals surface area contributed by atoms with Crippen molar-refractivity contribution in [3.63, 3.8) is 0 Å². The Morgan fingerprint density at radius 1 is 0.925 bits per heavy atom. The molecule has 3 saturated heterocycles. The molecule has 10 nitrogen and oxygen atoms in total. The van der Waals surface area contributed by atoms with Crippen molar-refractivity contribution in [3.8, 4) is 11.5 Å². The SMILES string of the molecule is O=C(O)N(C(c1cc(F)cc(F)c1)c1cccc(OCCCCCCCCCNC[C@H](O)c2ccc(O)c3[nH]c(=O)ccc23)c1)[C@H]1CN2CCC1CC2. The number of halogens is 2. The first-order valence-corrected chi connectivity index (χ1v) is 18.8. The van der Waals surface area contributed by atoms with Gasteiger partial charge in [0.2, 0.25) is 5.56 Å². The van der Waals surface area contributed by atoms with Gasteiger partial charge < -0.3 is 35.3 Å². The number of rotatable bonds is 18. The van der Waals surface area contributed by atoms with Gasteiger partial charge in [0.05, 0.1) is 30.3 Å². The maximum absolute atomic E-state index is 14.5. The summed E-state index contributed by atoms with van der Waals surface area (Å²) in [7, 11) is 0. The highest BCUT2D eigenvalue weighted by molar-refractivity contribution is 5.87. The summed E-state index contributed by atoms with van der Waals surface area (Å²) >= 11 is 0. The molecule has 2 bridgehead atoms. The quantitative estimate of drug-likeness (QED) is 0.0683. The number of phenolic OH excluding ortho intramolecular Hbond substituents is 1. The highest BCUT2D eigenvalue weighted by atomic mass is 19.1. The number of carboxylic acid groups (broad SMARTS) is 1. The molecule has 7 rings (SSSR count). The summed E-state index contributed by atoms with van der Waals surface area (Å²) in [4.78, 5) is 30.8. The fourth-order valence-corrected chi connectivity index (χ4v) is 8.04. The van der Waals surface area contributed by atoms with Crippen molar-refractivity contribution >= 4 is 17.0 Å². The van der Waals surface area contributed by atoms with Gasteiger partial charge in [0, 0.05) is 30.6 Å². The second kappa shape index (κ2) is 18.0. The number of ether oxygens (including phenoxy) is 1. The summed E-state index contributed by atoms with van der Waals surface area (Å²) in [6, 6.07) is 15.5. The van der Waals surface area contributed by atoms with Crippen LogP contribution in [0, 0.1) is 17.6 Å². The van der Waals surface area contributed by atoms with Crippen LogP contribution >= 0.6 is 0 Å². The molecule has 12 heteroatoms. The summed E-state index contributed by atoms with van der Waals surface area (Å²) < 4.78 is 35.1. The smallest absolute Gasteiger partial charge is 0.408 e. The first-order chi connectivity index (χ1) is 25.7. The van der Waals surface area contributed by atoms with Gasteiger partial charge in [-0.05, 0) is 104 Å². The van der Waals surface area contributed by atoms with Crippen LogP contribution < -0.4 is 15.6 Å². The number of nitrogens with one attached hydrogen (secondary N) is 2. The molecule has 5 N–H and O–H groups in total. The van der Waals surface area contributed by atoms with Gasteiger partial charge in [-0.2, -0.15) is 0 Å². The lowest BCUT2D eigenvalue weighted by molar-refractivity contribution is -0.000890. The van der Waals surface area contributed by atoms with E-state index in [-0.39, 0.29) is 28.8 Å². The molecule has 4 aromatic rings. The van der Waals surface area contributed by atoms with Crippen LogP contribution in [-0.4, -0.2) is 81.6 Å². The Labute approximate surface area is 308 Å². The van der Waals surface area contributed by atoms with Gasteiger partial charge in [0.15, 0.2) is 0 Å². The Morgan fingerprint density at radius 2 is 1.64 bits per heavy atom. The number of nitrogens with zero attached hydrogens (tertiary/aromatic N) is 2. The number of H-pyrrole nitrogens is 1. The summed E-state index contributed by atoms with van der Waals surface area (Å²) in [5.41, 5.74) is 1.53. The van der Waals surface area contributed by atoms with E-state index in [1.807, 2.05) is 6.07 Å². The third-order valence-electron chi connectivity index (χ3n) is 10.7. The number of aliphatic hydroxyl groups excluding tert-OH is 1. The van der Waals surface area contributed by atoms with E-state index in [4.69, 9.17) is 4.74 Å². The van der Waals surface area contributed by atoms with E-state index in [1.165, 1.54) is 29.2 Å². The fraction of sp³-hybridized carbons (Fsp3) is 0.463. The molecule has 0 spiro atoms. The molecule has 3 atom stereocenters. The topological polar surface area (TPSA) is 138 Å². The minimum Gasteiger partial charge on any atom is -0.506 e. The number of phenols is 1. The zero-order valence-corrected chi connectivity index (χ0v) is 30.0. The molecule has 0 saturated carbocycles. The largest absolute Gasteiger partial charge is 0.506 e. The minimum absolute atomic E-state index is 0.0310. The number of aliphatic hydroxyl groups is 1. The van der Waals surface area contributed by atoms with Gasteiger partial charge in [0.1, 0.15) is 23.1 Å². The third-order valence-corrected chi connectivity index (χ3v) is 10.7. The van der Waals surface area contributed by atoms with Crippen molar-refractivity contribution in [3.05, 3.63) is 105 Å². The average Bonchev–Trinajstić information content (AvgIpc) is 3.14. The summed E-state index contributed by atoms with van der Waals surface area (Å²) in [6.07, 6.45) is 7.12. The Bertz CT molecular complexity index is 1880. The molecule has 3 fully saturated rings. The van der Waals surface area contributed by atoms with Gasteiger partial charge in [0.25, 0.3) is 0 Å². The molecular formula is C41H50F2N4O6. The standard InChI is InChI=1S/C41H50F2N4O6/c42-30-21-29(22-31(43)24-30)40(47(41(51)52)35-26-46-18-15-27(35)16-19-46)28-9-8-10-32(23-28)53-20-7-5-3-1-2-4-6-17-44-25-37(49)33-11-13-36(48)39-34(33)12-14-38(50)45-39/h8-14,21-24,27,35,37,40,44,48-49H,1-7,15-20,25-26H2,(H,45,50)(H,51,52)/t35-,37-,40?/m0/s1. The molecule has 1 unspecified atom stereocenters. The van der Waals surface area contributed by atoms with Crippen LogP contribution in [0.15, 0.2) is 71.5 Å². The van der Waals surface area contributed by atoms with Gasteiger partial charge >= 0.3 is 6.09 Å². The van der Waals surface area contributed by atoms with E-state index in [2.05, 4.69) is 15.2 Å². The van der Waals surface area contributed by atoms with Crippen LogP contribution in [-0.2, 0) is 0 Å². The molecular weight excluding hydrogens is 682 g/mol. The first-order valence-electron chi connectivity index (χ1n) is 18.8. The number of aromatic nitrogens is 1. The normalized spacial score (nSPS) is 19.3. The molecule has 0 radical (unpaired) electrons. The van der Waals surface area contributed by atoms with Crippen molar-refractivity contribution in [2.45, 2.75) is 76.0 Å². The number of unbranched alkanes of at least 4 members (excludes halogenated alkanes) is 6. The molecule has 3 aliphatic rings. The maximum Gasteiger partial charge on any atom is 0.408 e. The van der Waals surface area contributed by atoms with E-state index >= 15 is 0 Å². The molecule has 3 aromatic carbocycles. The van der Waals surface area contributed by atoms with Gasteiger partial charge in [-0.3, -0.25) is 9.69 Å². The number of hydrogen-bond acceptors (Lipinski definition) is 7. The van der Waals surface area contributed by atoms with Crippen molar-refractivity contribution in [2.24, 2.45) is 5.92 Å². The molecule has 3 aliphatic heterocycles. The minimum atomic E-state index is -1.11. The monoisotopic (exact) mass is 732 g/mol. The maximum atomic E-state index is 14.5. The number of hydrogen-bond donors (Lipinski definition) is 5. The first kappa shape index (κ1) is 38.2. The van der Waals surface area contributed by atoms with Gasteiger partial charge in [-0.1, -0.05) is 50.3 Å². The Balaban J connectivity index is 0.929. The Morgan fingerprint density at radius 3 is 2.34 bits per heavy atom. The predicted octanol–water partition coefficient (Wildman–Crippen LogP) is 7.11. The number of amides is 1. The molecule has 53 heavy (non-hydrogen) atoms. The highest BCUT2D eigenvalue weighted by Crippen LogP contribution is 2.39. The van der Waals surface area contributed by atoms with Crippen LogP contribution in [0.4, 0.5) is 13.6 Å². The molecule has 284 valence electrons. The lowest BCUT2D eigenvalue weighted by Crippen LogP contribution is -2.59. The summed E-state index contributed by atoms with van der Waals surface area (Å²) in [5.74, 6) is -0.733. The number of carbonyl (C=O) groups is 1. The summed E-state index contributed by atoms with van der Waals surface area (Å²) in [6.45, 7) is 4.13. The van der Waals surface area contributed by atoms with Crippen molar-refractivity contribution in [1.29, 1.82) is 0 Å². The van der Waals surface area contributed by atoms with Crippen LogP contribution in [0.3, 0.4) is 0 Å². The predicted molar refractivity (Wildman–Crippen MR) is 199 cm³/mol. The molecule has 1 amide bonds. The molecule has 0 aliphatic carbocycles.